The van der Waals surface area contributed by atoms with E-state index < -0.39 is 6.17 Å². The fourth-order valence-electron chi connectivity index (χ4n) is 2.29. The Kier molecular flexibility index (Phi) is 3.56. The first kappa shape index (κ1) is 11.5. The fourth-order valence-corrected chi connectivity index (χ4v) is 2.29. The molecule has 0 radical (unpaired) electrons. The van der Waals surface area contributed by atoms with E-state index in [0.29, 0.717) is 13.0 Å². The third kappa shape index (κ3) is 2.41. The van der Waals surface area contributed by atoms with Gasteiger partial charge in [-0.2, -0.15) is 0 Å². The topological polar surface area (TPSA) is 33.1 Å². The fraction of sp³-hybridized carbons (Fsp3) is 0.727. The van der Waals surface area contributed by atoms with Gasteiger partial charge in [-0.15, -0.1) is 0 Å². The number of imidazole rings is 1. The van der Waals surface area contributed by atoms with Gasteiger partial charge in [-0.1, -0.05) is 0 Å². The Hall–Kier alpha value is -0.940. The molecule has 1 aliphatic rings. The lowest BCUT2D eigenvalue weighted by Gasteiger charge is -2.23. The maximum atomic E-state index is 13.4. The number of nitrogens with one attached hydrogen (secondary N) is 1. The monoisotopic (exact) mass is 226 g/mol. The molecule has 1 aliphatic heterocycles. The molecule has 2 heterocycles. The second-order valence-corrected chi connectivity index (χ2v) is 4.43. The Bertz CT molecular complexity index is 338. The molecule has 0 unspecified atom stereocenters. The predicted molar refractivity (Wildman–Crippen MR) is 60.8 cm³/mol. The Morgan fingerprint density at radius 1 is 1.62 bits per heavy atom. The number of likely N-dealkylation sites (N-methyl/N-ethyl adjacent to an activating group) is 1. The van der Waals surface area contributed by atoms with Gasteiger partial charge in [0.25, 0.3) is 0 Å². The molecule has 0 amide bonds. The standard InChI is InChI=1S/C11H19FN4/c1-13-6-10-5-9(12)7-16(10)8-11-14-3-4-15(11)2/h3-4,9-10,13H,5-8H2,1-2H3/t9-,10+/m0/s1. The lowest BCUT2D eigenvalue weighted by molar-refractivity contribution is 0.225. The minimum Gasteiger partial charge on any atom is -0.337 e. The Balaban J connectivity index is 2.00. The van der Waals surface area contributed by atoms with Crippen LogP contribution in [0.25, 0.3) is 0 Å². The van der Waals surface area contributed by atoms with Crippen molar-refractivity contribution in [2.45, 2.75) is 25.2 Å². The summed E-state index contributed by atoms with van der Waals surface area (Å²) < 4.78 is 15.4. The summed E-state index contributed by atoms with van der Waals surface area (Å²) >= 11 is 0. The van der Waals surface area contributed by atoms with Crippen molar-refractivity contribution in [3.05, 3.63) is 18.2 Å². The van der Waals surface area contributed by atoms with Crippen LogP contribution in [0.4, 0.5) is 4.39 Å². The number of hydrogen-bond acceptors (Lipinski definition) is 3. The highest BCUT2D eigenvalue weighted by Gasteiger charge is 2.31. The minimum absolute atomic E-state index is 0.289. The van der Waals surface area contributed by atoms with Gasteiger partial charge in [-0.3, -0.25) is 4.90 Å². The van der Waals surface area contributed by atoms with E-state index in [2.05, 4.69) is 15.2 Å². The van der Waals surface area contributed by atoms with Crippen LogP contribution in [0.2, 0.25) is 0 Å². The molecule has 0 aromatic carbocycles. The number of likely N-dealkylation sites (tertiary alicyclic amines) is 1. The Labute approximate surface area is 95.5 Å². The van der Waals surface area contributed by atoms with Crippen molar-refractivity contribution in [1.82, 2.24) is 19.8 Å². The van der Waals surface area contributed by atoms with Crippen LogP contribution < -0.4 is 5.32 Å². The number of nitrogens with zero attached hydrogens (tertiary/aromatic N) is 3. The second kappa shape index (κ2) is 4.93. The van der Waals surface area contributed by atoms with E-state index in [1.54, 1.807) is 6.20 Å². The van der Waals surface area contributed by atoms with Gasteiger partial charge in [0.1, 0.15) is 12.0 Å². The SMILES string of the molecule is CNC[C@H]1C[C@H](F)CN1Cc1nccn1C. The highest BCUT2D eigenvalue weighted by Crippen LogP contribution is 2.21. The molecule has 0 aliphatic carbocycles. The van der Waals surface area contributed by atoms with Crippen LogP contribution in [-0.2, 0) is 13.6 Å². The molecule has 0 spiro atoms. The van der Waals surface area contributed by atoms with Crippen molar-refractivity contribution in [3.63, 3.8) is 0 Å². The van der Waals surface area contributed by atoms with Crippen LogP contribution in [-0.4, -0.2) is 46.8 Å². The van der Waals surface area contributed by atoms with Crippen LogP contribution in [0.3, 0.4) is 0 Å². The van der Waals surface area contributed by atoms with Gasteiger partial charge in [0.15, 0.2) is 0 Å². The van der Waals surface area contributed by atoms with Gasteiger partial charge in [0, 0.05) is 38.6 Å². The zero-order chi connectivity index (χ0) is 11.5. The van der Waals surface area contributed by atoms with Gasteiger partial charge >= 0.3 is 0 Å². The van der Waals surface area contributed by atoms with Crippen molar-refractivity contribution >= 4 is 0 Å². The van der Waals surface area contributed by atoms with E-state index in [-0.39, 0.29) is 6.04 Å². The molecule has 1 fully saturated rings. The predicted octanol–water partition coefficient (Wildman–Crippen LogP) is 0.552. The molecule has 1 aromatic heterocycles. The summed E-state index contributed by atoms with van der Waals surface area (Å²) in [5.41, 5.74) is 0. The van der Waals surface area contributed by atoms with Crippen molar-refractivity contribution in [2.24, 2.45) is 7.05 Å². The summed E-state index contributed by atoms with van der Waals surface area (Å²) in [5, 5.41) is 3.12. The highest BCUT2D eigenvalue weighted by atomic mass is 19.1. The molecular formula is C11H19FN4. The van der Waals surface area contributed by atoms with Gasteiger partial charge < -0.3 is 9.88 Å². The Morgan fingerprint density at radius 2 is 2.44 bits per heavy atom. The maximum absolute atomic E-state index is 13.4. The number of aromatic nitrogens is 2. The van der Waals surface area contributed by atoms with E-state index in [1.165, 1.54) is 0 Å². The van der Waals surface area contributed by atoms with Gasteiger partial charge in [0.05, 0.1) is 6.54 Å². The molecule has 2 rings (SSSR count). The van der Waals surface area contributed by atoms with Gasteiger partial charge in [0.2, 0.25) is 0 Å². The molecule has 1 aromatic rings. The van der Waals surface area contributed by atoms with Crippen LogP contribution >= 0.6 is 0 Å². The molecule has 16 heavy (non-hydrogen) atoms. The van der Waals surface area contributed by atoms with Crippen molar-refractivity contribution < 1.29 is 4.39 Å². The largest absolute Gasteiger partial charge is 0.337 e. The van der Waals surface area contributed by atoms with Crippen molar-refractivity contribution in [3.8, 4) is 0 Å². The number of alkyl halides is 1. The van der Waals surface area contributed by atoms with Crippen LogP contribution in [0.1, 0.15) is 12.2 Å². The quantitative estimate of drug-likeness (QED) is 0.814. The van der Waals surface area contributed by atoms with Crippen LogP contribution in [0, 0.1) is 0 Å². The van der Waals surface area contributed by atoms with E-state index >= 15 is 0 Å². The summed E-state index contributed by atoms with van der Waals surface area (Å²) in [6.45, 7) is 2.10. The summed E-state index contributed by atoms with van der Waals surface area (Å²) in [7, 11) is 3.88. The van der Waals surface area contributed by atoms with E-state index in [1.807, 2.05) is 24.9 Å². The third-order valence-corrected chi connectivity index (χ3v) is 3.18. The highest BCUT2D eigenvalue weighted by molar-refractivity contribution is 4.95. The third-order valence-electron chi connectivity index (χ3n) is 3.18. The molecule has 1 N–H and O–H groups in total. The zero-order valence-corrected chi connectivity index (χ0v) is 9.86. The maximum Gasteiger partial charge on any atom is 0.122 e. The summed E-state index contributed by atoms with van der Waals surface area (Å²) in [5.74, 6) is 0.996. The molecule has 90 valence electrons. The summed E-state index contributed by atoms with van der Waals surface area (Å²) in [6, 6.07) is 0.289. The van der Waals surface area contributed by atoms with E-state index in [9.17, 15) is 4.39 Å². The number of halogens is 1. The lowest BCUT2D eigenvalue weighted by Crippen LogP contribution is -2.36. The first-order valence-electron chi connectivity index (χ1n) is 5.69. The lowest BCUT2D eigenvalue weighted by atomic mass is 10.2. The molecule has 2 atom stereocenters. The van der Waals surface area contributed by atoms with Crippen molar-refractivity contribution in [1.29, 1.82) is 0 Å². The first-order chi connectivity index (χ1) is 7.70. The first-order valence-corrected chi connectivity index (χ1v) is 5.69. The van der Waals surface area contributed by atoms with Crippen LogP contribution in [0.5, 0.6) is 0 Å². The average Bonchev–Trinajstić information content (AvgIpc) is 2.77. The van der Waals surface area contributed by atoms with E-state index in [4.69, 9.17) is 0 Å². The molecule has 5 heteroatoms. The number of rotatable bonds is 4. The number of hydrogen-bond donors (Lipinski definition) is 1. The van der Waals surface area contributed by atoms with E-state index in [0.717, 1.165) is 18.9 Å². The smallest absolute Gasteiger partial charge is 0.122 e. The van der Waals surface area contributed by atoms with Crippen molar-refractivity contribution in [2.75, 3.05) is 20.1 Å². The molecule has 1 saturated heterocycles. The molecule has 4 nitrogen and oxygen atoms in total. The normalized spacial score (nSPS) is 26.4. The van der Waals surface area contributed by atoms with Gasteiger partial charge in [-0.05, 0) is 13.5 Å². The molecule has 0 bridgehead atoms. The Morgan fingerprint density at radius 3 is 3.06 bits per heavy atom. The molecule has 0 saturated carbocycles. The average molecular weight is 226 g/mol. The summed E-state index contributed by atoms with van der Waals surface area (Å²) in [4.78, 5) is 6.45. The second-order valence-electron chi connectivity index (χ2n) is 4.43. The number of aryl methyl sites for hydroxylation is 1. The summed E-state index contributed by atoms with van der Waals surface area (Å²) in [6.07, 6.45) is 3.64. The van der Waals surface area contributed by atoms with Crippen LogP contribution in [0.15, 0.2) is 12.4 Å². The minimum atomic E-state index is -0.696. The zero-order valence-electron chi connectivity index (χ0n) is 9.86. The van der Waals surface area contributed by atoms with Gasteiger partial charge in [-0.25, -0.2) is 9.37 Å². The molecular weight excluding hydrogens is 207 g/mol.